The molecular formula is C20H19FO2S2. The lowest BCUT2D eigenvalue weighted by Gasteiger charge is -2.17. The van der Waals surface area contributed by atoms with Crippen molar-refractivity contribution < 1.29 is 12.8 Å². The van der Waals surface area contributed by atoms with Crippen molar-refractivity contribution >= 4 is 32.4 Å². The lowest BCUT2D eigenvalue weighted by molar-refractivity contribution is 0.591. The highest BCUT2D eigenvalue weighted by atomic mass is 32.2. The molecule has 1 unspecified atom stereocenters. The van der Waals surface area contributed by atoms with Crippen LogP contribution in [0.5, 0.6) is 0 Å². The second-order valence-electron chi connectivity index (χ2n) is 5.83. The maximum absolute atomic E-state index is 13.0. The zero-order chi connectivity index (χ0) is 17.7. The normalized spacial score (nSPS) is 13.0. The maximum atomic E-state index is 13.0. The zero-order valence-corrected chi connectivity index (χ0v) is 15.3. The third-order valence-corrected chi connectivity index (χ3v) is 7.11. The Labute approximate surface area is 152 Å². The molecule has 0 bridgehead atoms. The molecule has 0 spiro atoms. The van der Waals surface area contributed by atoms with E-state index in [1.165, 1.54) is 0 Å². The molecular weight excluding hydrogens is 355 g/mol. The van der Waals surface area contributed by atoms with Gasteiger partial charge >= 0.3 is 0 Å². The van der Waals surface area contributed by atoms with Gasteiger partial charge in [-0.05, 0) is 34.9 Å². The number of fused-ring (bicyclic) bond motifs is 1. The summed E-state index contributed by atoms with van der Waals surface area (Å²) < 4.78 is 38.3. The summed E-state index contributed by atoms with van der Waals surface area (Å²) in [5.41, 5.74) is 1.05. The Kier molecular flexibility index (Phi) is 5.76. The van der Waals surface area contributed by atoms with Gasteiger partial charge in [0.25, 0.3) is 0 Å². The molecule has 130 valence electrons. The van der Waals surface area contributed by atoms with Crippen molar-refractivity contribution in [2.75, 3.05) is 11.8 Å². The minimum atomic E-state index is -3.44. The summed E-state index contributed by atoms with van der Waals surface area (Å²) in [6.45, 7) is 0. The Morgan fingerprint density at radius 2 is 1.56 bits per heavy atom. The third kappa shape index (κ3) is 4.41. The minimum absolute atomic E-state index is 0.0746. The fraction of sp³-hybridized carbons (Fsp3) is 0.200. The first-order valence-electron chi connectivity index (χ1n) is 8.02. The molecule has 0 aliphatic carbocycles. The number of thioether (sulfide) groups is 1. The average molecular weight is 375 g/mol. The van der Waals surface area contributed by atoms with Crippen molar-refractivity contribution in [3.8, 4) is 0 Å². The zero-order valence-electron chi connectivity index (χ0n) is 13.6. The van der Waals surface area contributed by atoms with E-state index >= 15 is 0 Å². The average Bonchev–Trinajstić information content (AvgIpc) is 2.63. The van der Waals surface area contributed by atoms with E-state index in [4.69, 9.17) is 0 Å². The number of rotatable bonds is 7. The van der Waals surface area contributed by atoms with Gasteiger partial charge in [-0.2, -0.15) is 0 Å². The number of benzene rings is 3. The topological polar surface area (TPSA) is 34.1 Å². The van der Waals surface area contributed by atoms with E-state index in [2.05, 4.69) is 0 Å². The van der Waals surface area contributed by atoms with Crippen molar-refractivity contribution in [1.29, 1.82) is 0 Å². The van der Waals surface area contributed by atoms with Crippen LogP contribution in [-0.2, 0) is 16.3 Å². The summed E-state index contributed by atoms with van der Waals surface area (Å²) in [6, 6.07) is 21.7. The molecule has 3 aromatic carbocycles. The fourth-order valence-electron chi connectivity index (χ4n) is 2.94. The van der Waals surface area contributed by atoms with Crippen LogP contribution in [0, 0.1) is 0 Å². The Hall–Kier alpha value is -1.85. The molecule has 0 fully saturated rings. The van der Waals surface area contributed by atoms with Gasteiger partial charge in [0.15, 0.2) is 9.84 Å². The smallest absolute Gasteiger partial charge is 0.179 e. The maximum Gasteiger partial charge on any atom is 0.179 e. The van der Waals surface area contributed by atoms with Crippen LogP contribution in [0.15, 0.2) is 77.7 Å². The van der Waals surface area contributed by atoms with Gasteiger partial charge in [-0.25, -0.2) is 12.8 Å². The molecule has 0 radical (unpaired) electrons. The number of alkyl halides is 1. The minimum Gasteiger partial charge on any atom is -0.239 e. The molecule has 0 amide bonds. The molecule has 0 saturated heterocycles. The summed E-state index contributed by atoms with van der Waals surface area (Å²) in [6.07, 6.45) is 0.516. The molecule has 0 heterocycles. The van der Waals surface area contributed by atoms with Crippen molar-refractivity contribution in [3.05, 3.63) is 78.4 Å². The lowest BCUT2D eigenvalue weighted by atomic mass is 10.0. The van der Waals surface area contributed by atoms with Crippen LogP contribution < -0.4 is 0 Å². The number of halogens is 1. The van der Waals surface area contributed by atoms with Crippen molar-refractivity contribution in [3.63, 3.8) is 0 Å². The van der Waals surface area contributed by atoms with E-state index in [9.17, 15) is 12.8 Å². The van der Waals surface area contributed by atoms with E-state index in [0.29, 0.717) is 6.42 Å². The summed E-state index contributed by atoms with van der Waals surface area (Å²) in [7, 11) is -3.44. The van der Waals surface area contributed by atoms with Gasteiger partial charge in [-0.1, -0.05) is 60.7 Å². The molecule has 5 heteroatoms. The van der Waals surface area contributed by atoms with Crippen LogP contribution in [0.4, 0.5) is 4.39 Å². The summed E-state index contributed by atoms with van der Waals surface area (Å²) in [5.74, 6) is -0.0746. The van der Waals surface area contributed by atoms with Crippen molar-refractivity contribution in [2.24, 2.45) is 0 Å². The van der Waals surface area contributed by atoms with Crippen molar-refractivity contribution in [2.45, 2.75) is 16.6 Å². The van der Waals surface area contributed by atoms with Gasteiger partial charge in [-0.15, -0.1) is 11.8 Å². The monoisotopic (exact) mass is 374 g/mol. The van der Waals surface area contributed by atoms with E-state index in [0.717, 1.165) is 28.1 Å². The van der Waals surface area contributed by atoms with Crippen LogP contribution in [-0.4, -0.2) is 25.4 Å². The van der Waals surface area contributed by atoms with Crippen LogP contribution in [0.2, 0.25) is 0 Å². The van der Waals surface area contributed by atoms with Gasteiger partial charge in [0, 0.05) is 5.25 Å². The Balaban J connectivity index is 1.86. The molecule has 0 aliphatic heterocycles. The van der Waals surface area contributed by atoms with Gasteiger partial charge < -0.3 is 0 Å². The highest BCUT2D eigenvalue weighted by molar-refractivity contribution is 8.01. The van der Waals surface area contributed by atoms with E-state index in [1.54, 1.807) is 30.3 Å². The van der Waals surface area contributed by atoms with Crippen LogP contribution in [0.25, 0.3) is 10.8 Å². The van der Waals surface area contributed by atoms with E-state index < -0.39 is 15.8 Å². The summed E-state index contributed by atoms with van der Waals surface area (Å²) in [5, 5.41) is 1.86. The fourth-order valence-corrected chi connectivity index (χ4v) is 5.71. The van der Waals surface area contributed by atoms with Gasteiger partial charge in [-0.3, -0.25) is 0 Å². The van der Waals surface area contributed by atoms with Crippen LogP contribution >= 0.6 is 11.8 Å². The Bertz CT molecular complexity index is 935. The number of hydrogen-bond donors (Lipinski definition) is 0. The Morgan fingerprint density at radius 1 is 0.880 bits per heavy atom. The first-order chi connectivity index (χ1) is 12.1. The molecule has 2 nitrogen and oxygen atoms in total. The van der Waals surface area contributed by atoms with Crippen molar-refractivity contribution in [1.82, 2.24) is 0 Å². The van der Waals surface area contributed by atoms with Gasteiger partial charge in [0.2, 0.25) is 0 Å². The van der Waals surface area contributed by atoms with Gasteiger partial charge in [0.1, 0.15) is 6.01 Å². The molecule has 1 atom stereocenters. The largest absolute Gasteiger partial charge is 0.239 e. The summed E-state index contributed by atoms with van der Waals surface area (Å²) >= 11 is 1.06. The quantitative estimate of drug-likeness (QED) is 0.591. The molecule has 3 rings (SSSR count). The third-order valence-electron chi connectivity index (χ3n) is 4.13. The SMILES string of the molecule is O=S(=O)(CC(Cc1cccc2ccccc12)SCF)c1ccccc1. The second kappa shape index (κ2) is 8.02. The van der Waals surface area contributed by atoms with Crippen LogP contribution in [0.3, 0.4) is 0 Å². The predicted octanol–water partition coefficient (Wildman–Crippen LogP) is 4.89. The highest BCUT2D eigenvalue weighted by Crippen LogP contribution is 2.26. The Morgan fingerprint density at radius 3 is 2.32 bits per heavy atom. The van der Waals surface area contributed by atoms with Crippen LogP contribution in [0.1, 0.15) is 5.56 Å². The first kappa shape index (κ1) is 18.0. The summed E-state index contributed by atoms with van der Waals surface area (Å²) in [4.78, 5) is 0.289. The molecule has 0 N–H and O–H groups in total. The van der Waals surface area contributed by atoms with E-state index in [1.807, 2.05) is 42.5 Å². The standard InChI is InChI=1S/C20H19FO2S2/c21-15-24-18(14-25(22,23)19-10-2-1-3-11-19)13-17-9-6-8-16-7-4-5-12-20(16)17/h1-12,18H,13-15H2. The number of sulfone groups is 1. The molecule has 25 heavy (non-hydrogen) atoms. The predicted molar refractivity (Wildman–Crippen MR) is 104 cm³/mol. The molecule has 0 saturated carbocycles. The lowest BCUT2D eigenvalue weighted by Crippen LogP contribution is -2.21. The second-order valence-corrected chi connectivity index (χ2v) is 9.09. The molecule has 0 aliphatic rings. The van der Waals surface area contributed by atoms with E-state index in [-0.39, 0.29) is 15.9 Å². The molecule has 3 aromatic rings. The molecule has 0 aromatic heterocycles. The first-order valence-corrected chi connectivity index (χ1v) is 10.7. The highest BCUT2D eigenvalue weighted by Gasteiger charge is 2.22. The van der Waals surface area contributed by atoms with Gasteiger partial charge in [0.05, 0.1) is 10.6 Å². The number of hydrogen-bond acceptors (Lipinski definition) is 3.